The first-order valence-electron chi connectivity index (χ1n) is 8.76. The number of alkyl halides is 1. The van der Waals surface area contributed by atoms with E-state index < -0.39 is 12.3 Å². The van der Waals surface area contributed by atoms with E-state index in [4.69, 9.17) is 4.74 Å². The first-order valence-corrected chi connectivity index (χ1v) is 9.58. The molecule has 1 saturated heterocycles. The molecule has 1 aromatic carbocycles. The Balaban J connectivity index is 1.35. The molecule has 27 heavy (non-hydrogen) atoms. The van der Waals surface area contributed by atoms with Crippen LogP contribution in [0, 0.1) is 5.92 Å². The van der Waals surface area contributed by atoms with Crippen LogP contribution in [0.2, 0.25) is 0 Å². The highest BCUT2D eigenvalue weighted by Gasteiger charge is 2.53. The first kappa shape index (κ1) is 16.6. The highest BCUT2D eigenvalue weighted by Crippen LogP contribution is 2.42. The Morgan fingerprint density at radius 3 is 2.93 bits per heavy atom. The normalized spacial score (nSPS) is 27.3. The Morgan fingerprint density at radius 2 is 2.22 bits per heavy atom. The number of aromatic nitrogens is 4. The summed E-state index contributed by atoms with van der Waals surface area (Å²) in [6.07, 6.45) is 4.47. The lowest BCUT2D eigenvalue weighted by molar-refractivity contribution is 0.0246. The van der Waals surface area contributed by atoms with Crippen molar-refractivity contribution >= 4 is 11.3 Å². The second-order valence-corrected chi connectivity index (χ2v) is 8.01. The molecule has 7 nitrogen and oxygen atoms in total. The molecule has 2 unspecified atom stereocenters. The molecule has 140 valence electrons. The molecule has 0 spiro atoms. The zero-order valence-corrected chi connectivity index (χ0v) is 15.4. The van der Waals surface area contributed by atoms with E-state index in [0.717, 1.165) is 18.7 Å². The van der Waals surface area contributed by atoms with Gasteiger partial charge in [-0.1, -0.05) is 16.4 Å². The number of piperidine rings is 1. The predicted molar refractivity (Wildman–Crippen MR) is 98.0 cm³/mol. The number of likely N-dealkylation sites (tertiary alicyclic amines) is 1. The van der Waals surface area contributed by atoms with Gasteiger partial charge in [-0.2, -0.15) is 0 Å². The minimum atomic E-state index is -1.01. The summed E-state index contributed by atoms with van der Waals surface area (Å²) in [5.41, 5.74) is 1.36. The van der Waals surface area contributed by atoms with Gasteiger partial charge < -0.3 is 14.4 Å². The highest BCUT2D eigenvalue weighted by atomic mass is 32.1. The molecule has 2 fully saturated rings. The summed E-state index contributed by atoms with van der Waals surface area (Å²) in [5, 5.41) is 19.4. The van der Waals surface area contributed by atoms with Crippen molar-refractivity contribution in [2.45, 2.75) is 24.7 Å². The maximum absolute atomic E-state index is 14.5. The summed E-state index contributed by atoms with van der Waals surface area (Å²) in [6.45, 7) is 0.845. The third-order valence-electron chi connectivity index (χ3n) is 5.44. The molecule has 2 aliphatic rings. The molecule has 2 aromatic heterocycles. The second-order valence-electron chi connectivity index (χ2n) is 7.07. The molecule has 9 heteroatoms. The summed E-state index contributed by atoms with van der Waals surface area (Å²) < 4.78 is 22.2. The van der Waals surface area contributed by atoms with E-state index in [2.05, 4.69) is 20.1 Å². The largest absolute Gasteiger partial charge is 0.507 e. The fourth-order valence-corrected chi connectivity index (χ4v) is 4.85. The summed E-state index contributed by atoms with van der Waals surface area (Å²) >= 11 is 1.22. The van der Waals surface area contributed by atoms with Gasteiger partial charge in [-0.3, -0.25) is 4.90 Å². The fourth-order valence-electron chi connectivity index (χ4n) is 4.08. The molecule has 5 rings (SSSR count). The number of benzene rings is 1. The van der Waals surface area contributed by atoms with Crippen molar-refractivity contribution in [3.05, 3.63) is 36.9 Å². The van der Waals surface area contributed by atoms with E-state index in [0.29, 0.717) is 15.8 Å². The number of aromatic hydroxyl groups is 1. The Labute approximate surface area is 159 Å². The third-order valence-corrected chi connectivity index (χ3v) is 6.28. The van der Waals surface area contributed by atoms with Gasteiger partial charge in [0.15, 0.2) is 11.2 Å². The van der Waals surface area contributed by atoms with Crippen molar-refractivity contribution in [2.24, 2.45) is 5.92 Å². The van der Waals surface area contributed by atoms with Crippen molar-refractivity contribution in [1.82, 2.24) is 24.6 Å². The number of rotatable bonds is 4. The molecular formula is C18H18FN5O2S. The van der Waals surface area contributed by atoms with Gasteiger partial charge in [0.1, 0.15) is 11.9 Å². The Morgan fingerprint density at radius 1 is 1.33 bits per heavy atom. The lowest BCUT2D eigenvalue weighted by Gasteiger charge is -2.31. The van der Waals surface area contributed by atoms with Crippen LogP contribution in [0.5, 0.6) is 10.9 Å². The van der Waals surface area contributed by atoms with Crippen LogP contribution < -0.4 is 4.74 Å². The van der Waals surface area contributed by atoms with Gasteiger partial charge in [0, 0.05) is 37.0 Å². The summed E-state index contributed by atoms with van der Waals surface area (Å²) in [6, 6.07) is 5.22. The number of phenolic OH excluding ortho intramolecular Hbond substituents is 1. The van der Waals surface area contributed by atoms with Gasteiger partial charge in [-0.15, -0.1) is 5.10 Å². The lowest BCUT2D eigenvalue weighted by atomic mass is 10.1. The smallest absolute Gasteiger partial charge is 0.294 e. The number of phenols is 1. The summed E-state index contributed by atoms with van der Waals surface area (Å²) in [5.74, 6) is 0.277. The van der Waals surface area contributed by atoms with Crippen LogP contribution in [0.3, 0.4) is 0 Å². The maximum atomic E-state index is 14.5. The van der Waals surface area contributed by atoms with Gasteiger partial charge >= 0.3 is 0 Å². The fraction of sp³-hybridized carbons (Fsp3) is 0.389. The lowest BCUT2D eigenvalue weighted by Crippen LogP contribution is -2.46. The Hall–Kier alpha value is -2.52. The molecule has 0 amide bonds. The van der Waals surface area contributed by atoms with E-state index in [9.17, 15) is 9.50 Å². The van der Waals surface area contributed by atoms with Gasteiger partial charge in [-0.05, 0) is 25.6 Å². The number of hydrogen-bond acceptors (Lipinski definition) is 7. The number of hydrogen-bond donors (Lipinski definition) is 1. The molecular weight excluding hydrogens is 369 g/mol. The SMILES string of the molecule is CN1CC2CC1[C@@H](F)[C@@H]2Oc1nnc(-c2ccc(-n3ccnc3)cc2O)s1. The second kappa shape index (κ2) is 6.28. The van der Waals surface area contributed by atoms with Crippen LogP contribution in [-0.4, -0.2) is 61.7 Å². The highest BCUT2D eigenvalue weighted by molar-refractivity contribution is 7.16. The Bertz CT molecular complexity index is 961. The quantitative estimate of drug-likeness (QED) is 0.741. The average Bonchev–Trinajstić information content (AvgIpc) is 3.42. The molecule has 3 aromatic rings. The van der Waals surface area contributed by atoms with Gasteiger partial charge in [0.05, 0.1) is 17.6 Å². The third kappa shape index (κ3) is 2.78. The minimum Gasteiger partial charge on any atom is -0.507 e. The van der Waals surface area contributed by atoms with Gasteiger partial charge in [0.25, 0.3) is 5.19 Å². The molecule has 4 atom stereocenters. The summed E-state index contributed by atoms with van der Waals surface area (Å²) in [4.78, 5) is 6.05. The predicted octanol–water partition coefficient (Wildman–Crippen LogP) is 2.52. The molecule has 3 heterocycles. The zero-order chi connectivity index (χ0) is 18.5. The van der Waals surface area contributed by atoms with E-state index in [1.165, 1.54) is 11.3 Å². The number of imidazole rings is 1. The molecule has 1 aliphatic heterocycles. The van der Waals surface area contributed by atoms with Crippen LogP contribution in [0.1, 0.15) is 6.42 Å². The molecule has 1 aliphatic carbocycles. The standard InChI is InChI=1S/C18H18FN5O2S/c1-23-8-10-6-13(23)15(19)16(10)26-18-22-21-17(27-18)12-3-2-11(7-14(12)25)24-5-4-20-9-24/h2-5,7,9-10,13,15-16,25H,6,8H2,1H3/t10?,13?,15-,16-/m1/s1. The van der Waals surface area contributed by atoms with Crippen molar-refractivity contribution in [3.63, 3.8) is 0 Å². The number of fused-ring (bicyclic) bond motifs is 2. The van der Waals surface area contributed by atoms with E-state index in [1.807, 2.05) is 13.1 Å². The number of nitrogens with zero attached hydrogens (tertiary/aromatic N) is 5. The molecule has 2 bridgehead atoms. The first-order chi connectivity index (χ1) is 13.1. The average molecular weight is 387 g/mol. The molecule has 0 radical (unpaired) electrons. The number of halogens is 1. The van der Waals surface area contributed by atoms with Gasteiger partial charge in [-0.25, -0.2) is 9.37 Å². The molecule has 1 saturated carbocycles. The maximum Gasteiger partial charge on any atom is 0.294 e. The van der Waals surface area contributed by atoms with Crippen LogP contribution >= 0.6 is 11.3 Å². The monoisotopic (exact) mass is 387 g/mol. The Kier molecular flexibility index (Phi) is 3.87. The van der Waals surface area contributed by atoms with Crippen molar-refractivity contribution in [1.29, 1.82) is 0 Å². The van der Waals surface area contributed by atoms with Gasteiger partial charge in [0.2, 0.25) is 0 Å². The van der Waals surface area contributed by atoms with Crippen LogP contribution in [-0.2, 0) is 0 Å². The van der Waals surface area contributed by atoms with Crippen molar-refractivity contribution in [2.75, 3.05) is 13.6 Å². The van der Waals surface area contributed by atoms with Crippen LogP contribution in [0.25, 0.3) is 16.3 Å². The number of ether oxygens (including phenoxy) is 1. The van der Waals surface area contributed by atoms with Crippen LogP contribution in [0.15, 0.2) is 36.9 Å². The summed E-state index contributed by atoms with van der Waals surface area (Å²) in [7, 11) is 1.95. The molecule has 1 N–H and O–H groups in total. The van der Waals surface area contributed by atoms with E-state index in [1.54, 1.807) is 35.4 Å². The van der Waals surface area contributed by atoms with E-state index in [-0.39, 0.29) is 17.7 Å². The minimum absolute atomic E-state index is 0.0628. The van der Waals surface area contributed by atoms with Crippen LogP contribution in [0.4, 0.5) is 4.39 Å². The van der Waals surface area contributed by atoms with E-state index >= 15 is 0 Å². The van der Waals surface area contributed by atoms with Crippen molar-refractivity contribution in [3.8, 4) is 27.2 Å². The van der Waals surface area contributed by atoms with Crippen molar-refractivity contribution < 1.29 is 14.2 Å². The topological polar surface area (TPSA) is 76.3 Å². The zero-order valence-electron chi connectivity index (χ0n) is 14.6.